The smallest absolute Gasteiger partial charge is 0.242 e. The molecule has 0 aliphatic carbocycles. The molecule has 1 aromatic carbocycles. The van der Waals surface area contributed by atoms with Crippen molar-refractivity contribution in [2.24, 2.45) is 0 Å². The third-order valence-corrected chi connectivity index (χ3v) is 3.63. The van der Waals surface area contributed by atoms with E-state index in [-0.39, 0.29) is 0 Å². The van der Waals surface area contributed by atoms with E-state index in [0.717, 1.165) is 17.1 Å². The summed E-state index contributed by atoms with van der Waals surface area (Å²) in [4.78, 5) is 0. The van der Waals surface area contributed by atoms with Crippen LogP contribution in [0.1, 0.15) is 5.56 Å². The fourth-order valence-electron chi connectivity index (χ4n) is 1.46. The maximum Gasteiger partial charge on any atom is 0.242 e. The zero-order valence-corrected chi connectivity index (χ0v) is 14.1. The summed E-state index contributed by atoms with van der Waals surface area (Å²) in [6, 6.07) is 5.76. The Kier molecular flexibility index (Phi) is 4.30. The molecule has 0 radical (unpaired) electrons. The van der Waals surface area contributed by atoms with E-state index in [9.17, 15) is 0 Å². The van der Waals surface area contributed by atoms with Gasteiger partial charge < -0.3 is 8.85 Å². The van der Waals surface area contributed by atoms with Gasteiger partial charge in [-0.05, 0) is 57.5 Å². The van der Waals surface area contributed by atoms with Gasteiger partial charge in [-0.15, -0.1) is 6.42 Å². The predicted molar refractivity (Wildman–Crippen MR) is 82.3 cm³/mol. The summed E-state index contributed by atoms with van der Waals surface area (Å²) in [5.74, 6) is 4.31. The molecule has 0 unspecified atom stereocenters. The van der Waals surface area contributed by atoms with Gasteiger partial charge >= 0.3 is 0 Å². The van der Waals surface area contributed by atoms with Gasteiger partial charge in [-0.1, -0.05) is 5.92 Å². The summed E-state index contributed by atoms with van der Waals surface area (Å²) in [6.07, 6.45) is 5.54. The minimum atomic E-state index is -1.64. The van der Waals surface area contributed by atoms with Gasteiger partial charge in [0, 0.05) is 0 Å². The van der Waals surface area contributed by atoms with Crippen LogP contribution in [-0.2, 0) is 0 Å². The zero-order valence-electron chi connectivity index (χ0n) is 12.1. The Morgan fingerprint density at radius 1 is 0.944 bits per heavy atom. The van der Waals surface area contributed by atoms with Crippen LogP contribution in [-0.4, -0.2) is 16.6 Å². The standard InChI is InChI=1S/C14H22O2Si2/c1-8-12-11-13(15-17(2,3)4)9-10-14(12)16-18(5,6)7/h1,9-11H,2-7H3. The summed E-state index contributed by atoms with van der Waals surface area (Å²) in [6.45, 7) is 12.9. The highest BCUT2D eigenvalue weighted by atomic mass is 28.4. The van der Waals surface area contributed by atoms with Gasteiger partial charge in [0.2, 0.25) is 16.6 Å². The first-order chi connectivity index (χ1) is 8.11. The molecule has 0 fully saturated rings. The Labute approximate surface area is 113 Å². The molecule has 0 atom stereocenters. The lowest BCUT2D eigenvalue weighted by Crippen LogP contribution is -2.30. The molecule has 0 spiro atoms. The lowest BCUT2D eigenvalue weighted by atomic mass is 10.2. The van der Waals surface area contributed by atoms with E-state index in [2.05, 4.69) is 45.2 Å². The third-order valence-electron chi connectivity index (χ3n) is 1.95. The Morgan fingerprint density at radius 3 is 1.94 bits per heavy atom. The largest absolute Gasteiger partial charge is 0.544 e. The van der Waals surface area contributed by atoms with E-state index < -0.39 is 16.6 Å². The third kappa shape index (κ3) is 4.98. The van der Waals surface area contributed by atoms with Gasteiger partial charge in [0.05, 0.1) is 5.56 Å². The van der Waals surface area contributed by atoms with Gasteiger partial charge in [0.15, 0.2) is 0 Å². The van der Waals surface area contributed by atoms with Crippen molar-refractivity contribution in [3.63, 3.8) is 0 Å². The van der Waals surface area contributed by atoms with Crippen LogP contribution in [0.15, 0.2) is 18.2 Å². The molecule has 98 valence electrons. The van der Waals surface area contributed by atoms with Crippen molar-refractivity contribution >= 4 is 16.6 Å². The molecule has 0 aromatic heterocycles. The van der Waals surface area contributed by atoms with Gasteiger partial charge in [-0.25, -0.2) is 0 Å². The van der Waals surface area contributed by atoms with E-state index in [4.69, 9.17) is 15.3 Å². The zero-order chi connectivity index (χ0) is 14.0. The fraction of sp³-hybridized carbons (Fsp3) is 0.429. The van der Waals surface area contributed by atoms with E-state index in [1.165, 1.54) is 0 Å². The van der Waals surface area contributed by atoms with Gasteiger partial charge in [0.25, 0.3) is 0 Å². The van der Waals surface area contributed by atoms with Gasteiger partial charge in [0.1, 0.15) is 11.5 Å². The molecule has 0 bridgehead atoms. The number of benzene rings is 1. The lowest BCUT2D eigenvalue weighted by molar-refractivity contribution is 0.540. The Bertz CT molecular complexity index is 462. The number of hydrogen-bond acceptors (Lipinski definition) is 2. The van der Waals surface area contributed by atoms with Crippen LogP contribution in [0.5, 0.6) is 11.5 Å². The second kappa shape index (κ2) is 5.21. The highest BCUT2D eigenvalue weighted by molar-refractivity contribution is 6.70. The van der Waals surface area contributed by atoms with Crippen molar-refractivity contribution in [3.05, 3.63) is 23.8 Å². The van der Waals surface area contributed by atoms with Crippen molar-refractivity contribution in [3.8, 4) is 23.8 Å². The molecule has 1 rings (SSSR count). The van der Waals surface area contributed by atoms with Crippen LogP contribution in [0.2, 0.25) is 39.3 Å². The number of rotatable bonds is 4. The number of terminal acetylenes is 1. The average Bonchev–Trinajstić information content (AvgIpc) is 2.16. The summed E-state index contributed by atoms with van der Waals surface area (Å²) in [7, 11) is -3.24. The Morgan fingerprint density at radius 2 is 1.50 bits per heavy atom. The maximum atomic E-state index is 5.96. The van der Waals surface area contributed by atoms with E-state index >= 15 is 0 Å². The van der Waals surface area contributed by atoms with E-state index in [0.29, 0.717) is 0 Å². The van der Waals surface area contributed by atoms with Crippen LogP contribution in [0.4, 0.5) is 0 Å². The SMILES string of the molecule is C#Cc1cc(O[Si](C)(C)C)ccc1O[Si](C)(C)C. The molecule has 18 heavy (non-hydrogen) atoms. The molecule has 0 heterocycles. The van der Waals surface area contributed by atoms with E-state index in [1.807, 2.05) is 18.2 Å². The molecule has 0 amide bonds. The summed E-state index contributed by atoms with van der Waals surface area (Å²) in [5, 5.41) is 0. The van der Waals surface area contributed by atoms with Crippen molar-refractivity contribution in [1.29, 1.82) is 0 Å². The monoisotopic (exact) mass is 278 g/mol. The fourth-order valence-corrected chi connectivity index (χ4v) is 3.13. The highest BCUT2D eigenvalue weighted by Crippen LogP contribution is 2.27. The predicted octanol–water partition coefficient (Wildman–Crippen LogP) is 4.10. The quantitative estimate of drug-likeness (QED) is 0.610. The van der Waals surface area contributed by atoms with Crippen LogP contribution in [0.3, 0.4) is 0 Å². The van der Waals surface area contributed by atoms with Crippen molar-refractivity contribution in [1.82, 2.24) is 0 Å². The van der Waals surface area contributed by atoms with Crippen molar-refractivity contribution in [2.45, 2.75) is 39.3 Å². The maximum absolute atomic E-state index is 5.96. The van der Waals surface area contributed by atoms with Crippen molar-refractivity contribution in [2.75, 3.05) is 0 Å². The molecule has 0 aliphatic rings. The van der Waals surface area contributed by atoms with Crippen LogP contribution < -0.4 is 8.85 Å². The first-order valence-electron chi connectivity index (χ1n) is 6.09. The van der Waals surface area contributed by atoms with Crippen LogP contribution >= 0.6 is 0 Å². The molecular formula is C14H22O2Si2. The van der Waals surface area contributed by atoms with Gasteiger partial charge in [-0.3, -0.25) is 0 Å². The Balaban J connectivity index is 3.02. The second-order valence-corrected chi connectivity index (χ2v) is 15.1. The van der Waals surface area contributed by atoms with Crippen molar-refractivity contribution < 1.29 is 8.85 Å². The summed E-state index contributed by atoms with van der Waals surface area (Å²) >= 11 is 0. The molecule has 4 heteroatoms. The first kappa shape index (κ1) is 14.9. The summed E-state index contributed by atoms with van der Waals surface area (Å²) < 4.78 is 11.9. The Hall–Kier alpha value is -1.19. The average molecular weight is 278 g/mol. The minimum absolute atomic E-state index is 0.771. The molecule has 0 saturated heterocycles. The topological polar surface area (TPSA) is 18.5 Å². The molecule has 0 saturated carbocycles. The molecule has 0 N–H and O–H groups in total. The minimum Gasteiger partial charge on any atom is -0.544 e. The lowest BCUT2D eigenvalue weighted by Gasteiger charge is -2.23. The molecular weight excluding hydrogens is 256 g/mol. The van der Waals surface area contributed by atoms with E-state index in [1.54, 1.807) is 0 Å². The molecule has 0 aliphatic heterocycles. The summed E-state index contributed by atoms with van der Waals surface area (Å²) in [5.41, 5.74) is 0.771. The number of hydrogen-bond donors (Lipinski definition) is 0. The van der Waals surface area contributed by atoms with Crippen LogP contribution in [0.25, 0.3) is 0 Å². The van der Waals surface area contributed by atoms with Crippen LogP contribution in [0, 0.1) is 12.3 Å². The molecule has 2 nitrogen and oxygen atoms in total. The highest BCUT2D eigenvalue weighted by Gasteiger charge is 2.20. The normalized spacial score (nSPS) is 11.8. The molecule has 1 aromatic rings. The second-order valence-electron chi connectivity index (χ2n) is 6.23. The first-order valence-corrected chi connectivity index (χ1v) is 12.9. The van der Waals surface area contributed by atoms with Gasteiger partial charge in [-0.2, -0.15) is 0 Å².